The predicted molar refractivity (Wildman–Crippen MR) is 175 cm³/mol. The van der Waals surface area contributed by atoms with E-state index in [0.717, 1.165) is 24.3 Å². The van der Waals surface area contributed by atoms with Gasteiger partial charge < -0.3 is 37.9 Å². The first-order valence-electron chi connectivity index (χ1n) is 15.2. The molecule has 0 saturated carbocycles. The Kier molecular flexibility index (Phi) is 11.4. The van der Waals surface area contributed by atoms with Gasteiger partial charge in [0.2, 0.25) is 12.4 Å². The zero-order valence-corrected chi connectivity index (χ0v) is 27.4. The number of non-ortho nitro benzene ring substituents is 1. The van der Waals surface area contributed by atoms with Crippen LogP contribution in [-0.2, 0) is 23.7 Å². The molecule has 15 nitrogen and oxygen atoms in total. The first-order chi connectivity index (χ1) is 24.6. The summed E-state index contributed by atoms with van der Waals surface area (Å²) in [5, 5.41) is 11.1. The van der Waals surface area contributed by atoms with E-state index in [-0.39, 0.29) is 45.2 Å². The Morgan fingerprint density at radius 2 is 1.06 bits per heavy atom. The molecule has 0 aliphatic carbocycles. The third-order valence-electron chi connectivity index (χ3n) is 7.65. The number of nitro groups is 1. The molecule has 15 heteroatoms. The summed E-state index contributed by atoms with van der Waals surface area (Å²) in [6.07, 6.45) is -6.29. The third kappa shape index (κ3) is 8.22. The largest absolute Gasteiger partial charge is 0.496 e. The number of methoxy groups -OCH3 is 3. The third-order valence-corrected chi connectivity index (χ3v) is 7.65. The molecule has 5 rings (SSSR count). The number of rotatable bonds is 13. The second-order valence-corrected chi connectivity index (χ2v) is 10.7. The smallest absolute Gasteiger partial charge is 0.342 e. The first-order valence-corrected chi connectivity index (χ1v) is 15.2. The minimum absolute atomic E-state index is 0.00546. The van der Waals surface area contributed by atoms with E-state index >= 15 is 0 Å². The molecule has 1 saturated heterocycles. The number of carbonyl (C=O) groups excluding carboxylic acids is 4. The van der Waals surface area contributed by atoms with Crippen molar-refractivity contribution >= 4 is 29.6 Å². The van der Waals surface area contributed by atoms with Crippen LogP contribution >= 0.6 is 0 Å². The Hall–Kier alpha value is -6.48. The summed E-state index contributed by atoms with van der Waals surface area (Å²) in [6.45, 7) is -0.574. The van der Waals surface area contributed by atoms with Gasteiger partial charge in [0.1, 0.15) is 46.6 Å². The maximum Gasteiger partial charge on any atom is 0.342 e. The van der Waals surface area contributed by atoms with E-state index in [9.17, 15) is 29.3 Å². The van der Waals surface area contributed by atoms with Gasteiger partial charge >= 0.3 is 23.9 Å². The fourth-order valence-corrected chi connectivity index (χ4v) is 5.13. The highest BCUT2D eigenvalue weighted by molar-refractivity contribution is 5.94. The lowest BCUT2D eigenvalue weighted by atomic mass is 10.1. The lowest BCUT2D eigenvalue weighted by Crippen LogP contribution is -2.43. The topological polar surface area (TPSA) is 185 Å². The summed E-state index contributed by atoms with van der Waals surface area (Å²) in [6, 6.07) is 23.2. The maximum absolute atomic E-state index is 13.6. The van der Waals surface area contributed by atoms with E-state index in [1.165, 1.54) is 51.7 Å². The van der Waals surface area contributed by atoms with Crippen molar-refractivity contribution in [1.82, 2.24) is 0 Å². The molecule has 0 N–H and O–H groups in total. The fourth-order valence-electron chi connectivity index (χ4n) is 5.13. The molecule has 1 aliphatic rings. The standard InChI is InChI=1S/C36H31NO14/c1-44-26-13-7-4-10-23(26)33(39)47-20-29-30(49-34(40)24-11-5-8-14-27(24)45-2)31(50-35(41)25-12-6-9-15-28(25)46-3)36(48-29)51-32(38)21-16-18-22(19-17-21)37(42)43/h4-19,29-31,36H,20H2,1-3H3/t29-,30-,31-,36-/m1/s1. The van der Waals surface area contributed by atoms with Gasteiger partial charge in [0, 0.05) is 12.1 Å². The zero-order valence-electron chi connectivity index (χ0n) is 27.4. The van der Waals surface area contributed by atoms with Gasteiger partial charge in [0.15, 0.2) is 6.10 Å². The molecule has 4 aromatic carbocycles. The van der Waals surface area contributed by atoms with E-state index in [4.69, 9.17) is 37.9 Å². The van der Waals surface area contributed by atoms with E-state index in [1.807, 2.05) is 0 Å². The van der Waals surface area contributed by atoms with Crippen molar-refractivity contribution in [1.29, 1.82) is 0 Å². The van der Waals surface area contributed by atoms with Gasteiger partial charge in [-0.05, 0) is 48.5 Å². The first kappa shape index (κ1) is 35.8. The van der Waals surface area contributed by atoms with Gasteiger partial charge in [-0.15, -0.1) is 0 Å². The minimum Gasteiger partial charge on any atom is -0.496 e. The fraction of sp³-hybridized carbons (Fsp3) is 0.222. The number of hydrogen-bond donors (Lipinski definition) is 0. The van der Waals surface area contributed by atoms with E-state index in [0.29, 0.717) is 0 Å². The van der Waals surface area contributed by atoms with Crippen LogP contribution in [-0.4, -0.2) is 81.3 Å². The highest BCUT2D eigenvalue weighted by Crippen LogP contribution is 2.33. The van der Waals surface area contributed by atoms with Gasteiger partial charge in [0.25, 0.3) is 5.69 Å². The number of benzene rings is 4. The molecular weight excluding hydrogens is 670 g/mol. The van der Waals surface area contributed by atoms with Crippen LogP contribution in [0, 0.1) is 10.1 Å². The van der Waals surface area contributed by atoms with Gasteiger partial charge in [-0.25, -0.2) is 19.2 Å². The van der Waals surface area contributed by atoms with Crippen LogP contribution in [0.2, 0.25) is 0 Å². The number of esters is 4. The molecule has 1 heterocycles. The van der Waals surface area contributed by atoms with Gasteiger partial charge in [-0.3, -0.25) is 10.1 Å². The Bertz CT molecular complexity index is 1910. The average molecular weight is 702 g/mol. The minimum atomic E-state index is -1.74. The molecule has 264 valence electrons. The molecular formula is C36H31NO14. The van der Waals surface area contributed by atoms with Crippen LogP contribution in [0.5, 0.6) is 17.2 Å². The molecule has 1 aliphatic heterocycles. The summed E-state index contributed by atoms with van der Waals surface area (Å²) in [5.74, 6) is -3.16. The molecule has 0 unspecified atom stereocenters. The molecule has 4 aromatic rings. The van der Waals surface area contributed by atoms with Crippen molar-refractivity contribution in [2.45, 2.75) is 24.6 Å². The average Bonchev–Trinajstić information content (AvgIpc) is 3.47. The summed E-state index contributed by atoms with van der Waals surface area (Å²) >= 11 is 0. The predicted octanol–water partition coefficient (Wildman–Crippen LogP) is 4.81. The van der Waals surface area contributed by atoms with Crippen LogP contribution in [0.1, 0.15) is 41.4 Å². The zero-order chi connectivity index (χ0) is 36.5. The van der Waals surface area contributed by atoms with E-state index in [2.05, 4.69) is 0 Å². The number of hydrogen-bond acceptors (Lipinski definition) is 14. The molecule has 1 fully saturated rings. The molecule has 0 amide bonds. The molecule has 0 spiro atoms. The highest BCUT2D eigenvalue weighted by Gasteiger charge is 2.53. The van der Waals surface area contributed by atoms with Crippen molar-refractivity contribution in [3.8, 4) is 17.2 Å². The highest BCUT2D eigenvalue weighted by atomic mass is 16.8. The second kappa shape index (κ2) is 16.3. The monoisotopic (exact) mass is 701 g/mol. The molecule has 51 heavy (non-hydrogen) atoms. The number of nitrogens with zero attached hydrogens (tertiary/aromatic N) is 1. The lowest BCUT2D eigenvalue weighted by Gasteiger charge is -2.24. The molecule has 4 atom stereocenters. The van der Waals surface area contributed by atoms with Crippen molar-refractivity contribution in [3.05, 3.63) is 129 Å². The second-order valence-electron chi connectivity index (χ2n) is 10.7. The molecule has 0 aromatic heterocycles. The Morgan fingerprint density at radius 3 is 1.53 bits per heavy atom. The molecule has 0 bridgehead atoms. The van der Waals surface area contributed by atoms with Gasteiger partial charge in [-0.2, -0.15) is 0 Å². The van der Waals surface area contributed by atoms with Crippen LogP contribution in [0.25, 0.3) is 0 Å². The lowest BCUT2D eigenvalue weighted by molar-refractivity contribution is -0.384. The Labute approximate surface area is 290 Å². The van der Waals surface area contributed by atoms with Crippen LogP contribution < -0.4 is 14.2 Å². The van der Waals surface area contributed by atoms with E-state index < -0.39 is 60.0 Å². The number of ether oxygens (including phenoxy) is 8. The van der Waals surface area contributed by atoms with Gasteiger partial charge in [0.05, 0.1) is 31.8 Å². The van der Waals surface area contributed by atoms with Crippen molar-refractivity contribution in [2.24, 2.45) is 0 Å². The normalized spacial score (nSPS) is 17.8. The summed E-state index contributed by atoms with van der Waals surface area (Å²) in [4.78, 5) is 64.1. The Balaban J connectivity index is 1.50. The number of nitro benzene ring substituents is 1. The summed E-state index contributed by atoms with van der Waals surface area (Å²) in [5.41, 5.74) is -0.298. The van der Waals surface area contributed by atoms with Crippen molar-refractivity contribution < 1.29 is 62.0 Å². The Morgan fingerprint density at radius 1 is 0.608 bits per heavy atom. The summed E-state index contributed by atoms with van der Waals surface area (Å²) in [7, 11) is 4.09. The SMILES string of the molecule is COc1ccccc1C(=O)OC[C@H]1O[C@H](OC(=O)c2ccc([N+](=O)[O-])cc2)[C@H](OC(=O)c2ccccc2OC)[C@@H]1OC(=O)c1ccccc1OC. The van der Waals surface area contributed by atoms with Crippen molar-refractivity contribution in [3.63, 3.8) is 0 Å². The van der Waals surface area contributed by atoms with Crippen LogP contribution in [0.15, 0.2) is 97.1 Å². The van der Waals surface area contributed by atoms with Crippen LogP contribution in [0.4, 0.5) is 5.69 Å². The van der Waals surface area contributed by atoms with E-state index in [1.54, 1.807) is 42.5 Å². The van der Waals surface area contributed by atoms with Crippen LogP contribution in [0.3, 0.4) is 0 Å². The number of carbonyl (C=O) groups is 4. The number of para-hydroxylation sites is 3. The molecule has 0 radical (unpaired) electrons. The maximum atomic E-state index is 13.6. The van der Waals surface area contributed by atoms with Gasteiger partial charge in [-0.1, -0.05) is 36.4 Å². The summed E-state index contributed by atoms with van der Waals surface area (Å²) < 4.78 is 44.7. The quantitative estimate of drug-likeness (QED) is 0.0800. The van der Waals surface area contributed by atoms with Crippen molar-refractivity contribution in [2.75, 3.05) is 27.9 Å².